The van der Waals surface area contributed by atoms with Gasteiger partial charge in [-0.25, -0.2) is 0 Å². The van der Waals surface area contributed by atoms with Crippen molar-refractivity contribution in [2.75, 3.05) is 24.8 Å². The first-order valence-electron chi connectivity index (χ1n) is 8.52. The number of ether oxygens (including phenoxy) is 1. The topological polar surface area (TPSA) is 60.2 Å². The summed E-state index contributed by atoms with van der Waals surface area (Å²) in [4.78, 5) is 14.3. The quantitative estimate of drug-likeness (QED) is 0.609. The molecule has 0 unspecified atom stereocenters. The van der Waals surface area contributed by atoms with E-state index in [-0.39, 0.29) is 11.7 Å². The summed E-state index contributed by atoms with van der Waals surface area (Å²) in [7, 11) is 3.42. The van der Waals surface area contributed by atoms with Gasteiger partial charge >= 0.3 is 0 Å². The van der Waals surface area contributed by atoms with Crippen LogP contribution in [0.1, 0.15) is 11.4 Å². The van der Waals surface area contributed by atoms with Crippen LogP contribution in [0.5, 0.6) is 5.75 Å². The molecule has 0 radical (unpaired) electrons. The summed E-state index contributed by atoms with van der Waals surface area (Å²) in [5, 5.41) is 9.07. The second-order valence-electron chi connectivity index (χ2n) is 6.14. The van der Waals surface area contributed by atoms with Crippen LogP contribution in [-0.4, -0.2) is 40.6 Å². The lowest BCUT2D eigenvalue weighted by molar-refractivity contribution is -0.115. The van der Waals surface area contributed by atoms with E-state index in [1.54, 1.807) is 19.1 Å². The minimum absolute atomic E-state index is 0.00698. The maximum absolute atomic E-state index is 12.6. The van der Waals surface area contributed by atoms with Gasteiger partial charge in [0, 0.05) is 18.4 Å². The van der Waals surface area contributed by atoms with Crippen LogP contribution in [0.15, 0.2) is 53.7 Å². The number of aryl methyl sites for hydroxylation is 2. The van der Waals surface area contributed by atoms with Crippen LogP contribution in [0.25, 0.3) is 5.69 Å². The van der Waals surface area contributed by atoms with E-state index in [1.807, 2.05) is 66.9 Å². The Morgan fingerprint density at radius 1 is 1.15 bits per heavy atom. The summed E-state index contributed by atoms with van der Waals surface area (Å²) >= 11 is 1.37. The van der Waals surface area contributed by atoms with Crippen molar-refractivity contribution in [2.45, 2.75) is 19.0 Å². The van der Waals surface area contributed by atoms with Crippen LogP contribution < -0.4 is 9.64 Å². The molecule has 2 aromatic carbocycles. The number of anilines is 1. The molecule has 6 nitrogen and oxygen atoms in total. The number of amides is 1. The molecule has 0 saturated carbocycles. The number of hydrogen-bond acceptors (Lipinski definition) is 5. The second kappa shape index (κ2) is 8.26. The molecule has 0 fully saturated rings. The average molecular weight is 382 g/mol. The molecule has 0 aliphatic carbocycles. The van der Waals surface area contributed by atoms with Crippen LogP contribution in [0.3, 0.4) is 0 Å². The molecule has 0 atom stereocenters. The predicted octanol–water partition coefficient (Wildman–Crippen LogP) is 3.65. The molecular weight excluding hydrogens is 360 g/mol. The second-order valence-corrected chi connectivity index (χ2v) is 7.09. The van der Waals surface area contributed by atoms with E-state index >= 15 is 0 Å². The molecule has 1 heterocycles. The van der Waals surface area contributed by atoms with E-state index in [0.717, 1.165) is 28.5 Å². The van der Waals surface area contributed by atoms with Gasteiger partial charge in [-0.2, -0.15) is 0 Å². The summed E-state index contributed by atoms with van der Waals surface area (Å²) in [6.45, 7) is 3.90. The zero-order valence-corrected chi connectivity index (χ0v) is 16.7. The lowest BCUT2D eigenvalue weighted by atomic mass is 10.2. The van der Waals surface area contributed by atoms with Crippen molar-refractivity contribution in [1.82, 2.24) is 14.8 Å². The fourth-order valence-electron chi connectivity index (χ4n) is 2.67. The minimum atomic E-state index is 0.00698. The molecule has 0 bridgehead atoms. The first-order valence-corrected chi connectivity index (χ1v) is 9.50. The average Bonchev–Trinajstić information content (AvgIpc) is 3.06. The highest BCUT2D eigenvalue weighted by Gasteiger charge is 2.16. The van der Waals surface area contributed by atoms with Crippen LogP contribution in [-0.2, 0) is 4.79 Å². The Kier molecular flexibility index (Phi) is 5.81. The number of aromatic nitrogens is 3. The van der Waals surface area contributed by atoms with Gasteiger partial charge in [-0.1, -0.05) is 23.9 Å². The molecule has 140 valence electrons. The van der Waals surface area contributed by atoms with E-state index in [0.29, 0.717) is 5.16 Å². The Morgan fingerprint density at radius 2 is 1.89 bits per heavy atom. The smallest absolute Gasteiger partial charge is 0.237 e. The number of hydrogen-bond donors (Lipinski definition) is 0. The minimum Gasteiger partial charge on any atom is -0.497 e. The van der Waals surface area contributed by atoms with Gasteiger partial charge in [0.1, 0.15) is 11.6 Å². The number of rotatable bonds is 6. The number of thioether (sulfide) groups is 1. The van der Waals surface area contributed by atoms with Gasteiger partial charge in [-0.3, -0.25) is 9.36 Å². The molecule has 1 aromatic heterocycles. The molecule has 0 N–H and O–H groups in total. The molecule has 0 saturated heterocycles. The van der Waals surface area contributed by atoms with E-state index in [1.165, 1.54) is 11.8 Å². The van der Waals surface area contributed by atoms with Gasteiger partial charge < -0.3 is 9.64 Å². The molecule has 0 aliphatic rings. The van der Waals surface area contributed by atoms with Crippen LogP contribution in [0.4, 0.5) is 5.69 Å². The Bertz CT molecular complexity index is 937. The molecule has 27 heavy (non-hydrogen) atoms. The van der Waals surface area contributed by atoms with Gasteiger partial charge in [0.05, 0.1) is 12.9 Å². The van der Waals surface area contributed by atoms with Crippen molar-refractivity contribution in [3.8, 4) is 11.4 Å². The molecule has 3 aromatic rings. The molecule has 3 rings (SSSR count). The summed E-state index contributed by atoms with van der Waals surface area (Å²) in [6.07, 6.45) is 0. The molecule has 1 amide bonds. The summed E-state index contributed by atoms with van der Waals surface area (Å²) in [5.41, 5.74) is 2.93. The maximum Gasteiger partial charge on any atom is 0.237 e. The summed E-state index contributed by atoms with van der Waals surface area (Å²) < 4.78 is 7.14. The van der Waals surface area contributed by atoms with E-state index in [4.69, 9.17) is 4.74 Å². The maximum atomic E-state index is 12.6. The van der Waals surface area contributed by atoms with Gasteiger partial charge in [0.15, 0.2) is 5.16 Å². The fourth-order valence-corrected chi connectivity index (χ4v) is 3.58. The first-order chi connectivity index (χ1) is 13.0. The van der Waals surface area contributed by atoms with Crippen LogP contribution in [0, 0.1) is 13.8 Å². The number of nitrogens with zero attached hydrogens (tertiary/aromatic N) is 4. The van der Waals surface area contributed by atoms with Gasteiger partial charge in [0.25, 0.3) is 0 Å². The summed E-state index contributed by atoms with van der Waals surface area (Å²) in [6, 6.07) is 15.5. The Morgan fingerprint density at radius 3 is 2.56 bits per heavy atom. The van der Waals surface area contributed by atoms with E-state index < -0.39 is 0 Å². The van der Waals surface area contributed by atoms with E-state index in [2.05, 4.69) is 10.2 Å². The van der Waals surface area contributed by atoms with Gasteiger partial charge in [0.2, 0.25) is 5.91 Å². The van der Waals surface area contributed by atoms with Crippen LogP contribution >= 0.6 is 11.8 Å². The molecule has 7 heteroatoms. The molecule has 0 spiro atoms. The van der Waals surface area contributed by atoms with Gasteiger partial charge in [-0.05, 0) is 55.8 Å². The van der Waals surface area contributed by atoms with Crippen molar-refractivity contribution in [3.05, 3.63) is 59.9 Å². The van der Waals surface area contributed by atoms with E-state index in [9.17, 15) is 4.79 Å². The monoisotopic (exact) mass is 382 g/mol. The van der Waals surface area contributed by atoms with Gasteiger partial charge in [-0.15, -0.1) is 10.2 Å². The largest absolute Gasteiger partial charge is 0.497 e. The number of benzene rings is 2. The fraction of sp³-hybridized carbons (Fsp3) is 0.250. The van der Waals surface area contributed by atoms with Crippen molar-refractivity contribution in [2.24, 2.45) is 0 Å². The number of carbonyl (C=O) groups is 1. The van der Waals surface area contributed by atoms with Crippen molar-refractivity contribution < 1.29 is 9.53 Å². The molecule has 0 aliphatic heterocycles. The molecular formula is C20H22N4O2S. The number of carbonyl (C=O) groups excluding carboxylic acids is 1. The summed E-state index contributed by atoms with van der Waals surface area (Å²) in [5.74, 6) is 1.84. The van der Waals surface area contributed by atoms with Crippen LogP contribution in [0.2, 0.25) is 0 Å². The van der Waals surface area contributed by atoms with Crippen molar-refractivity contribution >= 4 is 23.4 Å². The Hall–Kier alpha value is -2.80. The lowest BCUT2D eigenvalue weighted by Crippen LogP contribution is -2.28. The predicted molar refractivity (Wildman–Crippen MR) is 108 cm³/mol. The van der Waals surface area contributed by atoms with Crippen molar-refractivity contribution in [1.29, 1.82) is 0 Å². The third-order valence-electron chi connectivity index (χ3n) is 4.21. The lowest BCUT2D eigenvalue weighted by Gasteiger charge is -2.17. The third-order valence-corrected chi connectivity index (χ3v) is 5.13. The van der Waals surface area contributed by atoms with Crippen molar-refractivity contribution in [3.63, 3.8) is 0 Å². The normalized spacial score (nSPS) is 10.7. The Labute approximate surface area is 163 Å². The zero-order chi connectivity index (χ0) is 19.4. The standard InChI is InChI=1S/C20H22N4O2S/c1-14-6-5-7-17(12-14)23(3)19(25)13-27-20-22-21-15(2)24(20)16-8-10-18(26-4)11-9-16/h5-12H,13H2,1-4H3. The number of methoxy groups -OCH3 is 1. The highest BCUT2D eigenvalue weighted by molar-refractivity contribution is 7.99. The first kappa shape index (κ1) is 19.0. The Balaban J connectivity index is 1.74. The highest BCUT2D eigenvalue weighted by atomic mass is 32.2. The zero-order valence-electron chi connectivity index (χ0n) is 15.8. The SMILES string of the molecule is COc1ccc(-n2c(C)nnc2SCC(=O)N(C)c2cccc(C)c2)cc1. The highest BCUT2D eigenvalue weighted by Crippen LogP contribution is 2.24. The third kappa shape index (κ3) is 4.31.